The van der Waals surface area contributed by atoms with Crippen LogP contribution >= 0.6 is 10.0 Å². The number of benzene rings is 1. The fraction of sp³-hybridized carbons (Fsp3) is 0.467. The number of aliphatic hydroxyl groups is 1. The molecule has 0 aliphatic carbocycles. The second kappa shape index (κ2) is 8.07. The first-order chi connectivity index (χ1) is 8.42. The van der Waals surface area contributed by atoms with Crippen molar-refractivity contribution in [1.29, 1.82) is 0 Å². The normalized spacial score (nSPS) is 10.8. The van der Waals surface area contributed by atoms with E-state index in [-0.39, 0.29) is 6.61 Å². The average molecular weight is 267 g/mol. The summed E-state index contributed by atoms with van der Waals surface area (Å²) in [6, 6.07) is 5.77. The highest BCUT2D eigenvalue weighted by molar-refractivity contribution is 8.35. The Kier molecular flexibility index (Phi) is 7.58. The Morgan fingerprint density at radius 2 is 1.83 bits per heavy atom. The minimum Gasteiger partial charge on any atom is -0.398 e. The van der Waals surface area contributed by atoms with Crippen LogP contribution in [-0.4, -0.2) is 30.5 Å². The molecule has 0 radical (unpaired) electrons. The minimum atomic E-state index is -0.797. The van der Waals surface area contributed by atoms with E-state index < -0.39 is 10.0 Å². The van der Waals surface area contributed by atoms with Gasteiger partial charge in [-0.2, -0.15) is 10.0 Å². The Morgan fingerprint density at radius 3 is 2.28 bits per heavy atom. The first kappa shape index (κ1) is 16.9. The monoisotopic (exact) mass is 267 g/mol. The van der Waals surface area contributed by atoms with Gasteiger partial charge in [-0.1, -0.05) is 25.8 Å². The average Bonchev–Trinajstić information content (AvgIpc) is 2.32. The van der Waals surface area contributed by atoms with Gasteiger partial charge in [-0.3, -0.25) is 0 Å². The zero-order valence-electron chi connectivity index (χ0n) is 12.1. The molecule has 3 N–H and O–H groups in total. The Hall–Kier alpha value is -1.11. The standard InChI is InChI=1S/C13H19NOS.C2H6/c1-16(2,3)9-7-11-4-5-12(6-8-15)13(14)10-11;1-2/h4-5,10,15H,6,8,14H2,1-3H3;1-2H3. The lowest BCUT2D eigenvalue weighted by molar-refractivity contribution is 0.300. The van der Waals surface area contributed by atoms with Crippen LogP contribution in [0.5, 0.6) is 0 Å². The van der Waals surface area contributed by atoms with Crippen molar-refractivity contribution in [2.24, 2.45) is 0 Å². The zero-order valence-corrected chi connectivity index (χ0v) is 12.9. The predicted molar refractivity (Wildman–Crippen MR) is 85.2 cm³/mol. The molecule has 3 heteroatoms. The first-order valence-electron chi connectivity index (χ1n) is 6.13. The lowest BCUT2D eigenvalue weighted by Crippen LogP contribution is -1.98. The molecule has 0 spiro atoms. The maximum absolute atomic E-state index is 8.84. The van der Waals surface area contributed by atoms with Crippen LogP contribution in [0.4, 0.5) is 5.69 Å². The van der Waals surface area contributed by atoms with Gasteiger partial charge in [0.15, 0.2) is 0 Å². The van der Waals surface area contributed by atoms with Gasteiger partial charge >= 0.3 is 0 Å². The molecule has 0 aliphatic rings. The van der Waals surface area contributed by atoms with Crippen molar-refractivity contribution in [3.8, 4) is 11.2 Å². The molecule has 18 heavy (non-hydrogen) atoms. The topological polar surface area (TPSA) is 46.2 Å². The van der Waals surface area contributed by atoms with Gasteiger partial charge in [-0.25, -0.2) is 0 Å². The van der Waals surface area contributed by atoms with Crippen LogP contribution in [0.1, 0.15) is 25.0 Å². The van der Waals surface area contributed by atoms with Crippen molar-refractivity contribution >= 4 is 15.7 Å². The van der Waals surface area contributed by atoms with E-state index in [9.17, 15) is 0 Å². The molecular weight excluding hydrogens is 242 g/mol. The maximum atomic E-state index is 8.84. The summed E-state index contributed by atoms with van der Waals surface area (Å²) in [6.07, 6.45) is 7.07. The summed E-state index contributed by atoms with van der Waals surface area (Å²) in [5.41, 5.74) is 8.52. The molecule has 102 valence electrons. The van der Waals surface area contributed by atoms with E-state index in [0.29, 0.717) is 12.1 Å². The van der Waals surface area contributed by atoms with Gasteiger partial charge < -0.3 is 10.8 Å². The molecule has 0 heterocycles. The second-order valence-corrected chi connectivity index (χ2v) is 8.33. The summed E-state index contributed by atoms with van der Waals surface area (Å²) < 4.78 is 0. The van der Waals surface area contributed by atoms with Crippen molar-refractivity contribution < 1.29 is 5.11 Å². The number of anilines is 1. The van der Waals surface area contributed by atoms with E-state index in [1.54, 1.807) is 0 Å². The van der Waals surface area contributed by atoms with Crippen molar-refractivity contribution in [3.05, 3.63) is 29.3 Å². The number of hydrogen-bond donors (Lipinski definition) is 2. The number of nitrogen functional groups attached to an aromatic ring is 1. The van der Waals surface area contributed by atoms with Gasteiger partial charge in [0.2, 0.25) is 0 Å². The Labute approximate surface area is 113 Å². The third-order valence-corrected chi connectivity index (χ3v) is 2.74. The minimum absolute atomic E-state index is 0.126. The number of rotatable bonds is 2. The second-order valence-electron chi connectivity index (χ2n) is 4.45. The van der Waals surface area contributed by atoms with E-state index in [1.807, 2.05) is 32.0 Å². The SMILES string of the molecule is CC.CS(C)(C)C#Cc1ccc(CCO)c(N)c1. The maximum Gasteiger partial charge on any atom is 0.0472 e. The summed E-state index contributed by atoms with van der Waals surface area (Å²) in [4.78, 5) is 0. The number of nitrogens with two attached hydrogens (primary N) is 1. The Balaban J connectivity index is 0.00000137. The smallest absolute Gasteiger partial charge is 0.0472 e. The summed E-state index contributed by atoms with van der Waals surface area (Å²) in [7, 11) is -0.797. The van der Waals surface area contributed by atoms with Gasteiger partial charge in [0.05, 0.1) is 0 Å². The summed E-state index contributed by atoms with van der Waals surface area (Å²) in [5.74, 6) is 3.14. The molecule has 1 rings (SSSR count). The highest BCUT2D eigenvalue weighted by Crippen LogP contribution is 2.32. The molecular formula is C15H25NOS. The predicted octanol–water partition coefficient (Wildman–Crippen LogP) is 2.83. The molecule has 0 bridgehead atoms. The molecule has 1 aromatic carbocycles. The molecule has 0 aromatic heterocycles. The zero-order chi connectivity index (χ0) is 14.2. The van der Waals surface area contributed by atoms with Gasteiger partial charge in [-0.05, 0) is 48.1 Å². The van der Waals surface area contributed by atoms with Gasteiger partial charge in [0, 0.05) is 17.9 Å². The van der Waals surface area contributed by atoms with E-state index in [4.69, 9.17) is 10.8 Å². The quantitative estimate of drug-likeness (QED) is 0.639. The molecule has 0 atom stereocenters. The first-order valence-corrected chi connectivity index (χ1v) is 8.98. The fourth-order valence-electron chi connectivity index (χ4n) is 1.23. The third-order valence-electron chi connectivity index (χ3n) is 2.03. The van der Waals surface area contributed by atoms with Crippen LogP contribution in [0.2, 0.25) is 0 Å². The molecule has 0 aliphatic heterocycles. The largest absolute Gasteiger partial charge is 0.398 e. The van der Waals surface area contributed by atoms with E-state index in [2.05, 4.69) is 29.9 Å². The van der Waals surface area contributed by atoms with Crippen molar-refractivity contribution in [2.45, 2.75) is 20.3 Å². The lowest BCUT2D eigenvalue weighted by Gasteiger charge is -2.14. The van der Waals surface area contributed by atoms with Gasteiger partial charge in [0.1, 0.15) is 0 Å². The molecule has 1 aromatic rings. The lowest BCUT2D eigenvalue weighted by atomic mass is 10.1. The third kappa shape index (κ3) is 6.58. The van der Waals surface area contributed by atoms with Gasteiger partial charge in [-0.15, -0.1) is 0 Å². The van der Waals surface area contributed by atoms with Crippen LogP contribution < -0.4 is 5.73 Å². The molecule has 0 amide bonds. The Morgan fingerprint density at radius 1 is 1.22 bits per heavy atom. The van der Waals surface area contributed by atoms with Crippen LogP contribution in [0.15, 0.2) is 18.2 Å². The van der Waals surface area contributed by atoms with Crippen molar-refractivity contribution in [2.75, 3.05) is 31.1 Å². The highest BCUT2D eigenvalue weighted by Gasteiger charge is 2.00. The Bertz CT molecular complexity index is 424. The molecule has 0 fully saturated rings. The van der Waals surface area contributed by atoms with Crippen molar-refractivity contribution in [3.63, 3.8) is 0 Å². The fourth-order valence-corrected chi connectivity index (χ4v) is 1.66. The van der Waals surface area contributed by atoms with E-state index in [1.165, 1.54) is 0 Å². The van der Waals surface area contributed by atoms with Crippen LogP contribution in [-0.2, 0) is 6.42 Å². The molecule has 0 saturated heterocycles. The van der Waals surface area contributed by atoms with Crippen LogP contribution in [0, 0.1) is 11.2 Å². The van der Waals surface area contributed by atoms with Crippen LogP contribution in [0.25, 0.3) is 0 Å². The van der Waals surface area contributed by atoms with E-state index in [0.717, 1.165) is 11.1 Å². The molecule has 2 nitrogen and oxygen atoms in total. The summed E-state index contributed by atoms with van der Waals surface area (Å²) >= 11 is 0. The van der Waals surface area contributed by atoms with Gasteiger partial charge in [0.25, 0.3) is 0 Å². The van der Waals surface area contributed by atoms with E-state index >= 15 is 0 Å². The number of hydrogen-bond acceptors (Lipinski definition) is 2. The number of aliphatic hydroxyl groups excluding tert-OH is 1. The molecule has 0 saturated carbocycles. The summed E-state index contributed by atoms with van der Waals surface area (Å²) in [6.45, 7) is 4.13. The summed E-state index contributed by atoms with van der Waals surface area (Å²) in [5, 5.41) is 12.1. The van der Waals surface area contributed by atoms with Crippen LogP contribution in [0.3, 0.4) is 0 Å². The molecule has 0 unspecified atom stereocenters. The highest BCUT2D eigenvalue weighted by atomic mass is 32.3. The van der Waals surface area contributed by atoms with Crippen molar-refractivity contribution in [1.82, 2.24) is 0 Å².